The molecule has 74 valence electrons. The summed E-state index contributed by atoms with van der Waals surface area (Å²) in [5.41, 5.74) is 0. The second-order valence-corrected chi connectivity index (χ2v) is 3.14. The minimum absolute atomic E-state index is 0.0527. The van der Waals surface area contributed by atoms with Gasteiger partial charge in [-0.3, -0.25) is 9.59 Å². The zero-order chi connectivity index (χ0) is 9.84. The van der Waals surface area contributed by atoms with Crippen molar-refractivity contribution in [3.63, 3.8) is 0 Å². The van der Waals surface area contributed by atoms with E-state index in [2.05, 4.69) is 5.32 Å². The van der Waals surface area contributed by atoms with Crippen LogP contribution < -0.4 is 5.32 Å². The smallest absolute Gasteiger partial charge is 0.244 e. The van der Waals surface area contributed by atoms with Gasteiger partial charge in [0.15, 0.2) is 0 Å². The fourth-order valence-corrected chi connectivity index (χ4v) is 1.33. The molecule has 1 aliphatic rings. The van der Waals surface area contributed by atoms with Crippen molar-refractivity contribution in [1.29, 1.82) is 0 Å². The minimum atomic E-state index is -0.385. The number of nitrogens with one attached hydrogen (secondary N) is 1. The fraction of sp³-hybridized carbons (Fsp3) is 0.750. The lowest BCUT2D eigenvalue weighted by atomic mass is 10.2. The van der Waals surface area contributed by atoms with Crippen molar-refractivity contribution in [2.45, 2.75) is 18.9 Å². The molecule has 1 fully saturated rings. The number of hydrogen-bond donors (Lipinski definition) is 2. The number of aliphatic hydroxyl groups excluding tert-OH is 1. The van der Waals surface area contributed by atoms with Gasteiger partial charge in [0.2, 0.25) is 11.8 Å². The highest BCUT2D eigenvalue weighted by Crippen LogP contribution is 2.08. The van der Waals surface area contributed by atoms with Crippen molar-refractivity contribution in [3.05, 3.63) is 0 Å². The van der Waals surface area contributed by atoms with Gasteiger partial charge in [-0.15, -0.1) is 0 Å². The van der Waals surface area contributed by atoms with Gasteiger partial charge < -0.3 is 15.3 Å². The Hall–Kier alpha value is -1.10. The summed E-state index contributed by atoms with van der Waals surface area (Å²) in [4.78, 5) is 23.7. The molecule has 0 aromatic carbocycles. The van der Waals surface area contributed by atoms with Gasteiger partial charge >= 0.3 is 0 Å². The number of likely N-dealkylation sites (N-methyl/N-ethyl adjacent to an activating group) is 1. The van der Waals surface area contributed by atoms with E-state index < -0.39 is 0 Å². The number of hydrogen-bond acceptors (Lipinski definition) is 3. The van der Waals surface area contributed by atoms with E-state index in [9.17, 15) is 9.59 Å². The summed E-state index contributed by atoms with van der Waals surface area (Å²) >= 11 is 0. The van der Waals surface area contributed by atoms with E-state index in [4.69, 9.17) is 5.11 Å². The standard InChI is InChI=1S/C8H14N2O3/c1-10(4-5-11)8(13)6-2-3-7(12)9-6/h6,11H,2-5H2,1H3,(H,9,12). The van der Waals surface area contributed by atoms with Gasteiger partial charge in [-0.05, 0) is 6.42 Å². The molecule has 13 heavy (non-hydrogen) atoms. The summed E-state index contributed by atoms with van der Waals surface area (Å²) in [6, 6.07) is -0.385. The molecular weight excluding hydrogens is 172 g/mol. The Bertz CT molecular complexity index is 217. The Balaban J connectivity index is 2.43. The van der Waals surface area contributed by atoms with E-state index in [1.54, 1.807) is 7.05 Å². The Labute approximate surface area is 76.7 Å². The molecule has 2 N–H and O–H groups in total. The zero-order valence-electron chi connectivity index (χ0n) is 7.62. The third-order valence-corrected chi connectivity index (χ3v) is 2.11. The average Bonchev–Trinajstić information content (AvgIpc) is 2.51. The molecule has 1 saturated heterocycles. The maximum Gasteiger partial charge on any atom is 0.244 e. The van der Waals surface area contributed by atoms with Crippen LogP contribution >= 0.6 is 0 Å². The van der Waals surface area contributed by atoms with Crippen LogP contribution in [-0.2, 0) is 9.59 Å². The minimum Gasteiger partial charge on any atom is -0.395 e. The number of aliphatic hydroxyl groups is 1. The average molecular weight is 186 g/mol. The van der Waals surface area contributed by atoms with Crippen LogP contribution in [0.3, 0.4) is 0 Å². The van der Waals surface area contributed by atoms with Crippen LogP contribution in [0.25, 0.3) is 0 Å². The summed E-state index contributed by atoms with van der Waals surface area (Å²) in [6.07, 6.45) is 0.983. The second kappa shape index (κ2) is 4.23. The van der Waals surface area contributed by atoms with Gasteiger partial charge in [0.1, 0.15) is 6.04 Å². The van der Waals surface area contributed by atoms with Gasteiger partial charge in [0.25, 0.3) is 0 Å². The molecule has 1 atom stereocenters. The van der Waals surface area contributed by atoms with E-state index >= 15 is 0 Å². The lowest BCUT2D eigenvalue weighted by Crippen LogP contribution is -2.43. The summed E-state index contributed by atoms with van der Waals surface area (Å²) in [7, 11) is 1.61. The highest BCUT2D eigenvalue weighted by Gasteiger charge is 2.28. The molecule has 1 heterocycles. The lowest BCUT2D eigenvalue weighted by Gasteiger charge is -2.19. The first-order valence-electron chi connectivity index (χ1n) is 4.30. The molecule has 1 aliphatic heterocycles. The van der Waals surface area contributed by atoms with E-state index in [0.717, 1.165) is 0 Å². The quantitative estimate of drug-likeness (QED) is 0.576. The van der Waals surface area contributed by atoms with Gasteiger partial charge in [-0.2, -0.15) is 0 Å². The summed E-state index contributed by atoms with van der Waals surface area (Å²) in [5, 5.41) is 11.2. The van der Waals surface area contributed by atoms with Crippen LogP contribution in [0.2, 0.25) is 0 Å². The normalized spacial score (nSPS) is 21.4. The molecule has 0 radical (unpaired) electrons. The van der Waals surface area contributed by atoms with Crippen LogP contribution in [0, 0.1) is 0 Å². The van der Waals surface area contributed by atoms with Crippen molar-refractivity contribution < 1.29 is 14.7 Å². The second-order valence-electron chi connectivity index (χ2n) is 3.14. The SMILES string of the molecule is CN(CCO)C(=O)C1CCC(=O)N1. The van der Waals surface area contributed by atoms with Crippen molar-refractivity contribution in [3.8, 4) is 0 Å². The molecule has 1 rings (SSSR count). The van der Waals surface area contributed by atoms with Gasteiger partial charge in [-0.25, -0.2) is 0 Å². The van der Waals surface area contributed by atoms with Crippen LogP contribution in [0.4, 0.5) is 0 Å². The van der Waals surface area contributed by atoms with E-state index in [1.165, 1.54) is 4.90 Å². The van der Waals surface area contributed by atoms with Crippen molar-refractivity contribution in [1.82, 2.24) is 10.2 Å². The Morgan fingerprint density at radius 2 is 2.46 bits per heavy atom. The third kappa shape index (κ3) is 2.42. The van der Waals surface area contributed by atoms with Gasteiger partial charge in [0, 0.05) is 20.0 Å². The molecule has 0 aromatic heterocycles. The molecule has 2 amide bonds. The Morgan fingerprint density at radius 1 is 1.77 bits per heavy atom. The van der Waals surface area contributed by atoms with E-state index in [1.807, 2.05) is 0 Å². The maximum absolute atomic E-state index is 11.5. The van der Waals surface area contributed by atoms with Crippen LogP contribution in [0.5, 0.6) is 0 Å². The molecule has 1 unspecified atom stereocenters. The number of carbonyl (C=O) groups excluding carboxylic acids is 2. The van der Waals surface area contributed by atoms with Crippen LogP contribution in [0.15, 0.2) is 0 Å². The molecule has 0 spiro atoms. The third-order valence-electron chi connectivity index (χ3n) is 2.11. The summed E-state index contributed by atoms with van der Waals surface area (Å²) in [6.45, 7) is 0.258. The topological polar surface area (TPSA) is 69.6 Å². The molecule has 0 aromatic rings. The fourth-order valence-electron chi connectivity index (χ4n) is 1.33. The van der Waals surface area contributed by atoms with Crippen LogP contribution in [0.1, 0.15) is 12.8 Å². The number of rotatable bonds is 3. The van der Waals surface area contributed by atoms with E-state index in [0.29, 0.717) is 19.4 Å². The number of carbonyl (C=O) groups is 2. The Morgan fingerprint density at radius 3 is 2.92 bits per heavy atom. The first-order chi connectivity index (χ1) is 6.15. The highest BCUT2D eigenvalue weighted by molar-refractivity contribution is 5.90. The van der Waals surface area contributed by atoms with Crippen molar-refractivity contribution >= 4 is 11.8 Å². The number of nitrogens with zero attached hydrogens (tertiary/aromatic N) is 1. The van der Waals surface area contributed by atoms with E-state index in [-0.39, 0.29) is 24.5 Å². The molecular formula is C8H14N2O3. The molecule has 5 heteroatoms. The van der Waals surface area contributed by atoms with Crippen molar-refractivity contribution in [2.75, 3.05) is 20.2 Å². The number of amides is 2. The van der Waals surface area contributed by atoms with Gasteiger partial charge in [-0.1, -0.05) is 0 Å². The maximum atomic E-state index is 11.5. The zero-order valence-corrected chi connectivity index (χ0v) is 7.62. The first-order valence-corrected chi connectivity index (χ1v) is 4.30. The Kier molecular flexibility index (Phi) is 3.25. The van der Waals surface area contributed by atoms with Crippen molar-refractivity contribution in [2.24, 2.45) is 0 Å². The lowest BCUT2D eigenvalue weighted by molar-refractivity contribution is -0.133. The monoisotopic (exact) mass is 186 g/mol. The van der Waals surface area contributed by atoms with Crippen LogP contribution in [-0.4, -0.2) is 48.1 Å². The largest absolute Gasteiger partial charge is 0.395 e. The molecule has 0 saturated carbocycles. The first kappa shape index (κ1) is 9.98. The summed E-state index contributed by atoms with van der Waals surface area (Å²) in [5.74, 6) is -0.198. The molecule has 5 nitrogen and oxygen atoms in total. The predicted octanol–water partition coefficient (Wildman–Crippen LogP) is -1.28. The predicted molar refractivity (Wildman–Crippen MR) is 45.9 cm³/mol. The summed E-state index contributed by atoms with van der Waals surface area (Å²) < 4.78 is 0. The molecule has 0 bridgehead atoms. The van der Waals surface area contributed by atoms with Gasteiger partial charge in [0.05, 0.1) is 6.61 Å². The highest BCUT2D eigenvalue weighted by atomic mass is 16.3. The molecule has 0 aliphatic carbocycles.